The van der Waals surface area contributed by atoms with Crippen molar-refractivity contribution in [2.45, 2.75) is 32.1 Å². The van der Waals surface area contributed by atoms with Crippen molar-refractivity contribution in [3.05, 3.63) is 41.7 Å². The molecular formula is C18H23N3O2. The molecule has 1 aromatic rings. The second-order valence-corrected chi connectivity index (χ2v) is 6.22. The Hall–Kier alpha value is -2.17. The first-order valence-corrected chi connectivity index (χ1v) is 8.42. The molecule has 0 spiro atoms. The number of pyridine rings is 1. The minimum Gasteiger partial charge on any atom is -0.336 e. The van der Waals surface area contributed by atoms with Gasteiger partial charge in [-0.05, 0) is 37.8 Å². The van der Waals surface area contributed by atoms with Crippen LogP contribution in [0.3, 0.4) is 0 Å². The van der Waals surface area contributed by atoms with E-state index < -0.39 is 0 Å². The van der Waals surface area contributed by atoms with Crippen LogP contribution in [0.1, 0.15) is 42.5 Å². The average Bonchev–Trinajstić information content (AvgIpc) is 2.63. The highest BCUT2D eigenvalue weighted by Crippen LogP contribution is 2.23. The standard InChI is InChI=1S/C18H23N3O2/c22-17(13-15-5-2-1-3-6-15)20-9-11-21(12-10-20)18(23)16-7-4-8-19-14-16/h4,7-8,13-14H,1-3,5-6,9-12H2. The Morgan fingerprint density at radius 1 is 1.00 bits per heavy atom. The van der Waals surface area contributed by atoms with E-state index in [1.807, 2.05) is 11.0 Å². The number of carbonyl (C=O) groups excluding carboxylic acids is 2. The highest BCUT2D eigenvalue weighted by molar-refractivity contribution is 5.94. The van der Waals surface area contributed by atoms with E-state index in [1.54, 1.807) is 29.4 Å². The molecule has 0 radical (unpaired) electrons. The van der Waals surface area contributed by atoms with E-state index >= 15 is 0 Å². The van der Waals surface area contributed by atoms with Crippen molar-refractivity contribution in [3.8, 4) is 0 Å². The predicted octanol–water partition coefficient (Wildman–Crippen LogP) is 2.26. The summed E-state index contributed by atoms with van der Waals surface area (Å²) in [6, 6.07) is 3.55. The summed E-state index contributed by atoms with van der Waals surface area (Å²) in [6.45, 7) is 2.38. The summed E-state index contributed by atoms with van der Waals surface area (Å²) in [5.74, 6) is 0.103. The van der Waals surface area contributed by atoms with Crippen molar-refractivity contribution in [1.82, 2.24) is 14.8 Å². The zero-order chi connectivity index (χ0) is 16.1. The van der Waals surface area contributed by atoms with Gasteiger partial charge in [-0.3, -0.25) is 14.6 Å². The van der Waals surface area contributed by atoms with Crippen molar-refractivity contribution in [3.63, 3.8) is 0 Å². The molecule has 1 aliphatic heterocycles. The SMILES string of the molecule is O=C(C=C1CCCCC1)N1CCN(C(=O)c2cccnc2)CC1. The smallest absolute Gasteiger partial charge is 0.255 e. The van der Waals surface area contributed by atoms with Gasteiger partial charge in [-0.15, -0.1) is 0 Å². The van der Waals surface area contributed by atoms with Crippen LogP contribution in [0.4, 0.5) is 0 Å². The third kappa shape index (κ3) is 3.97. The van der Waals surface area contributed by atoms with Crippen molar-refractivity contribution in [2.24, 2.45) is 0 Å². The third-order valence-electron chi connectivity index (χ3n) is 4.61. The lowest BCUT2D eigenvalue weighted by Gasteiger charge is -2.34. The van der Waals surface area contributed by atoms with Crippen LogP contribution in [0.25, 0.3) is 0 Å². The van der Waals surface area contributed by atoms with Crippen molar-refractivity contribution in [2.75, 3.05) is 26.2 Å². The number of rotatable bonds is 2. The average molecular weight is 313 g/mol. The lowest BCUT2D eigenvalue weighted by atomic mass is 9.94. The first-order chi connectivity index (χ1) is 11.2. The largest absolute Gasteiger partial charge is 0.336 e. The molecule has 1 aliphatic carbocycles. The van der Waals surface area contributed by atoms with Gasteiger partial charge < -0.3 is 9.80 Å². The lowest BCUT2D eigenvalue weighted by Crippen LogP contribution is -2.50. The molecule has 0 aromatic carbocycles. The first-order valence-electron chi connectivity index (χ1n) is 8.42. The molecule has 23 heavy (non-hydrogen) atoms. The molecule has 0 N–H and O–H groups in total. The third-order valence-corrected chi connectivity index (χ3v) is 4.61. The van der Waals surface area contributed by atoms with Gasteiger partial charge in [-0.1, -0.05) is 12.0 Å². The molecule has 5 heteroatoms. The number of allylic oxidation sites excluding steroid dienone is 1. The van der Waals surface area contributed by atoms with Gasteiger partial charge in [0.2, 0.25) is 5.91 Å². The number of carbonyl (C=O) groups is 2. The molecule has 5 nitrogen and oxygen atoms in total. The van der Waals surface area contributed by atoms with Gasteiger partial charge in [0.05, 0.1) is 5.56 Å². The van der Waals surface area contributed by atoms with Crippen LogP contribution in [-0.2, 0) is 4.79 Å². The zero-order valence-electron chi connectivity index (χ0n) is 13.4. The second-order valence-electron chi connectivity index (χ2n) is 6.22. The summed E-state index contributed by atoms with van der Waals surface area (Å²) in [7, 11) is 0. The molecule has 122 valence electrons. The molecule has 1 saturated heterocycles. The maximum atomic E-state index is 12.4. The number of piperazine rings is 1. The Kier molecular flexibility index (Phi) is 5.05. The molecule has 0 bridgehead atoms. The van der Waals surface area contributed by atoms with Crippen LogP contribution in [0.5, 0.6) is 0 Å². The number of amides is 2. The van der Waals surface area contributed by atoms with Crippen LogP contribution in [0, 0.1) is 0 Å². The van der Waals surface area contributed by atoms with Gasteiger partial charge in [-0.25, -0.2) is 0 Å². The maximum Gasteiger partial charge on any atom is 0.255 e. The van der Waals surface area contributed by atoms with Crippen LogP contribution < -0.4 is 0 Å². The monoisotopic (exact) mass is 313 g/mol. The van der Waals surface area contributed by atoms with Crippen molar-refractivity contribution >= 4 is 11.8 Å². The highest BCUT2D eigenvalue weighted by Gasteiger charge is 2.24. The van der Waals surface area contributed by atoms with Crippen LogP contribution in [0.2, 0.25) is 0 Å². The maximum absolute atomic E-state index is 12.4. The van der Waals surface area contributed by atoms with Gasteiger partial charge in [0.1, 0.15) is 0 Å². The molecule has 2 aliphatic rings. The topological polar surface area (TPSA) is 53.5 Å². The highest BCUT2D eigenvalue weighted by atomic mass is 16.2. The summed E-state index contributed by atoms with van der Waals surface area (Å²) in [5, 5.41) is 0. The first kappa shape index (κ1) is 15.7. The summed E-state index contributed by atoms with van der Waals surface area (Å²) < 4.78 is 0. The van der Waals surface area contributed by atoms with E-state index in [1.165, 1.54) is 24.8 Å². The molecule has 0 unspecified atom stereocenters. The van der Waals surface area contributed by atoms with E-state index in [9.17, 15) is 9.59 Å². The van der Waals surface area contributed by atoms with Crippen LogP contribution in [-0.4, -0.2) is 52.8 Å². The minimum atomic E-state index is -0.00386. The summed E-state index contributed by atoms with van der Waals surface area (Å²) in [5.41, 5.74) is 1.90. The van der Waals surface area contributed by atoms with Gasteiger partial charge in [0.25, 0.3) is 5.91 Å². The second kappa shape index (κ2) is 7.40. The van der Waals surface area contributed by atoms with Crippen LogP contribution >= 0.6 is 0 Å². The summed E-state index contributed by atoms with van der Waals surface area (Å²) >= 11 is 0. The molecule has 0 atom stereocenters. The summed E-state index contributed by atoms with van der Waals surface area (Å²) in [6.07, 6.45) is 10.9. The fourth-order valence-electron chi connectivity index (χ4n) is 3.22. The zero-order valence-corrected chi connectivity index (χ0v) is 13.4. The van der Waals surface area contributed by atoms with Crippen LogP contribution in [0.15, 0.2) is 36.2 Å². The molecule has 2 fully saturated rings. The molecule has 2 amide bonds. The molecule has 3 rings (SSSR count). The van der Waals surface area contributed by atoms with E-state index in [0.29, 0.717) is 31.7 Å². The fourth-order valence-corrected chi connectivity index (χ4v) is 3.22. The molecule has 2 heterocycles. The van der Waals surface area contributed by atoms with E-state index in [-0.39, 0.29) is 11.8 Å². The Morgan fingerprint density at radius 3 is 2.35 bits per heavy atom. The fraction of sp³-hybridized carbons (Fsp3) is 0.500. The van der Waals surface area contributed by atoms with E-state index in [0.717, 1.165) is 12.8 Å². The van der Waals surface area contributed by atoms with Crippen molar-refractivity contribution < 1.29 is 9.59 Å². The number of hydrogen-bond acceptors (Lipinski definition) is 3. The van der Waals surface area contributed by atoms with Crippen molar-refractivity contribution in [1.29, 1.82) is 0 Å². The van der Waals surface area contributed by atoms with Gasteiger partial charge in [0.15, 0.2) is 0 Å². The molecular weight excluding hydrogens is 290 g/mol. The molecule has 1 saturated carbocycles. The Bertz CT molecular complexity index is 582. The normalized spacial score (nSPS) is 18.7. The van der Waals surface area contributed by atoms with E-state index in [2.05, 4.69) is 4.98 Å². The number of aromatic nitrogens is 1. The minimum absolute atomic E-state index is 0.00386. The Labute approximate surface area is 137 Å². The van der Waals surface area contributed by atoms with E-state index in [4.69, 9.17) is 0 Å². The number of nitrogens with zero attached hydrogens (tertiary/aromatic N) is 3. The molecule has 1 aromatic heterocycles. The Morgan fingerprint density at radius 2 is 1.70 bits per heavy atom. The summed E-state index contributed by atoms with van der Waals surface area (Å²) in [4.78, 5) is 32.4. The predicted molar refractivity (Wildman–Crippen MR) is 87.9 cm³/mol. The lowest BCUT2D eigenvalue weighted by molar-refractivity contribution is -0.127. The number of hydrogen-bond donors (Lipinski definition) is 0. The van der Waals surface area contributed by atoms with Gasteiger partial charge in [0, 0.05) is 44.6 Å². The van der Waals surface area contributed by atoms with Gasteiger partial charge in [-0.2, -0.15) is 0 Å². The van der Waals surface area contributed by atoms with Gasteiger partial charge >= 0.3 is 0 Å². The quantitative estimate of drug-likeness (QED) is 0.787. The Balaban J connectivity index is 1.54.